The highest BCUT2D eigenvalue weighted by molar-refractivity contribution is 8.04. The fraction of sp³-hybridized carbons (Fsp3) is 0. The molecule has 0 amide bonds. The highest BCUT2D eigenvalue weighted by Gasteiger charge is 2.38. The van der Waals surface area contributed by atoms with Crippen molar-refractivity contribution in [3.8, 4) is 0 Å². The van der Waals surface area contributed by atoms with E-state index in [4.69, 9.17) is 0 Å². The average molecular weight is 285 g/mol. The van der Waals surface area contributed by atoms with Crippen molar-refractivity contribution in [1.29, 1.82) is 0 Å². The highest BCUT2D eigenvalue weighted by atomic mass is 32.3. The van der Waals surface area contributed by atoms with Gasteiger partial charge in [0.05, 0.1) is 0 Å². The molecular formula is C16H13OS2+. The Bertz CT molecular complexity index is 645. The molecule has 2 aromatic carbocycles. The first-order valence-corrected chi connectivity index (χ1v) is 8.43. The molecule has 3 rings (SSSR count). The van der Waals surface area contributed by atoms with Gasteiger partial charge in [0.2, 0.25) is 4.21 Å². The van der Waals surface area contributed by atoms with Crippen LogP contribution in [0.5, 0.6) is 0 Å². The molecule has 3 aromatic rings. The molecule has 3 heteroatoms. The second-order valence-electron chi connectivity index (χ2n) is 4.11. The maximum Gasteiger partial charge on any atom is 0.222 e. The number of rotatable bonds is 3. The second-order valence-corrected chi connectivity index (χ2v) is 7.82. The van der Waals surface area contributed by atoms with Gasteiger partial charge in [0.15, 0.2) is 19.7 Å². The van der Waals surface area contributed by atoms with E-state index in [-0.39, 0.29) is 0 Å². The zero-order valence-electron chi connectivity index (χ0n) is 10.2. The molecule has 0 unspecified atom stereocenters. The molecule has 0 aliphatic carbocycles. The van der Waals surface area contributed by atoms with Gasteiger partial charge in [-0.15, -0.1) is 0 Å². The molecule has 0 N–H and O–H groups in total. The van der Waals surface area contributed by atoms with E-state index in [2.05, 4.69) is 0 Å². The van der Waals surface area contributed by atoms with Crippen molar-refractivity contribution >= 4 is 21.3 Å². The molecule has 0 radical (unpaired) electrons. The van der Waals surface area contributed by atoms with E-state index in [1.165, 1.54) is 0 Å². The molecule has 0 bridgehead atoms. The third kappa shape index (κ3) is 2.15. The van der Waals surface area contributed by atoms with Crippen LogP contribution in [0.3, 0.4) is 0 Å². The summed E-state index contributed by atoms with van der Waals surface area (Å²) >= 11 is 1.54. The van der Waals surface area contributed by atoms with Crippen LogP contribution >= 0.6 is 11.3 Å². The largest absolute Gasteiger partial charge is 0.222 e. The summed E-state index contributed by atoms with van der Waals surface area (Å²) in [5.41, 5.74) is 0. The van der Waals surface area contributed by atoms with E-state index in [1.54, 1.807) is 11.3 Å². The van der Waals surface area contributed by atoms with Crippen molar-refractivity contribution in [3.63, 3.8) is 0 Å². The van der Waals surface area contributed by atoms with Crippen LogP contribution < -0.4 is 0 Å². The monoisotopic (exact) mass is 285 g/mol. The summed E-state index contributed by atoms with van der Waals surface area (Å²) in [5.74, 6) is 0. The lowest BCUT2D eigenvalue weighted by Gasteiger charge is -2.09. The maximum atomic E-state index is 13.7. The van der Waals surface area contributed by atoms with Crippen molar-refractivity contribution in [2.45, 2.75) is 14.0 Å². The fourth-order valence-corrected chi connectivity index (χ4v) is 5.84. The van der Waals surface area contributed by atoms with Crippen LogP contribution in [0.15, 0.2) is 92.2 Å². The Morgan fingerprint density at radius 2 is 1.21 bits per heavy atom. The van der Waals surface area contributed by atoms with Crippen molar-refractivity contribution in [2.24, 2.45) is 0 Å². The smallest absolute Gasteiger partial charge is 0.0939 e. The van der Waals surface area contributed by atoms with E-state index in [1.807, 2.05) is 78.2 Å². The summed E-state index contributed by atoms with van der Waals surface area (Å²) in [6.45, 7) is 0. The maximum absolute atomic E-state index is 13.7. The molecule has 0 atom stereocenters. The van der Waals surface area contributed by atoms with Gasteiger partial charge < -0.3 is 0 Å². The SMILES string of the molecule is O=[S+](c1ccccc1)(c1ccccc1)c1cccs1. The average Bonchev–Trinajstić information content (AvgIpc) is 3.03. The lowest BCUT2D eigenvalue weighted by Crippen LogP contribution is -2.10. The Balaban J connectivity index is 2.26. The molecule has 0 saturated carbocycles. The quantitative estimate of drug-likeness (QED) is 0.636. The summed E-state index contributed by atoms with van der Waals surface area (Å²) in [6.07, 6.45) is 0. The summed E-state index contributed by atoms with van der Waals surface area (Å²) in [5, 5.41) is 1.97. The molecule has 0 aliphatic heterocycles. The highest BCUT2D eigenvalue weighted by Crippen LogP contribution is 2.38. The number of hydrogen-bond donors (Lipinski definition) is 0. The van der Waals surface area contributed by atoms with Crippen LogP contribution in [0.2, 0.25) is 0 Å². The van der Waals surface area contributed by atoms with Gasteiger partial charge in [0, 0.05) is 6.07 Å². The van der Waals surface area contributed by atoms with Gasteiger partial charge in [-0.05, 0) is 35.7 Å². The Morgan fingerprint density at radius 1 is 0.684 bits per heavy atom. The van der Waals surface area contributed by atoms with Gasteiger partial charge in [0.25, 0.3) is 0 Å². The van der Waals surface area contributed by atoms with Crippen LogP contribution in [0.1, 0.15) is 0 Å². The van der Waals surface area contributed by atoms with Crippen molar-refractivity contribution in [3.05, 3.63) is 78.2 Å². The lowest BCUT2D eigenvalue weighted by molar-refractivity contribution is 0.585. The Labute approximate surface area is 118 Å². The molecule has 1 aromatic heterocycles. The third-order valence-electron chi connectivity index (χ3n) is 2.93. The number of hydrogen-bond acceptors (Lipinski definition) is 2. The van der Waals surface area contributed by atoms with Crippen LogP contribution in [0.25, 0.3) is 0 Å². The molecule has 1 nitrogen and oxygen atoms in total. The molecule has 0 aliphatic rings. The zero-order valence-corrected chi connectivity index (χ0v) is 11.9. The Kier molecular flexibility index (Phi) is 3.32. The van der Waals surface area contributed by atoms with E-state index >= 15 is 0 Å². The molecule has 0 saturated heterocycles. The van der Waals surface area contributed by atoms with E-state index in [0.29, 0.717) is 0 Å². The van der Waals surface area contributed by atoms with Gasteiger partial charge >= 0.3 is 0 Å². The van der Waals surface area contributed by atoms with Crippen LogP contribution in [-0.2, 0) is 14.1 Å². The van der Waals surface area contributed by atoms with E-state index in [0.717, 1.165) is 14.0 Å². The summed E-state index contributed by atoms with van der Waals surface area (Å²) in [6, 6.07) is 23.3. The normalized spacial score (nSPS) is 11.4. The summed E-state index contributed by atoms with van der Waals surface area (Å²) in [4.78, 5) is 1.73. The number of benzene rings is 2. The second kappa shape index (κ2) is 5.11. The molecule has 19 heavy (non-hydrogen) atoms. The molecule has 94 valence electrons. The first-order chi connectivity index (χ1) is 9.32. The molecule has 0 fully saturated rings. The first-order valence-electron chi connectivity index (χ1n) is 6.00. The minimum absolute atomic E-state index is 0.864. The van der Waals surface area contributed by atoms with Crippen LogP contribution in [0.4, 0.5) is 0 Å². The van der Waals surface area contributed by atoms with Gasteiger partial charge in [-0.3, -0.25) is 0 Å². The van der Waals surface area contributed by atoms with Crippen molar-refractivity contribution < 1.29 is 4.21 Å². The fourth-order valence-electron chi connectivity index (χ4n) is 2.02. The van der Waals surface area contributed by atoms with Gasteiger partial charge in [-0.1, -0.05) is 51.9 Å². The third-order valence-corrected chi connectivity index (χ3v) is 7.16. The summed E-state index contributed by atoms with van der Waals surface area (Å²) < 4.78 is 14.6. The van der Waals surface area contributed by atoms with Gasteiger partial charge in [0.1, 0.15) is 0 Å². The lowest BCUT2D eigenvalue weighted by atomic mass is 10.4. The standard InChI is InChI=1S/C16H13OS2/c17-19(16-12-7-13-18-16,14-8-3-1-4-9-14)15-10-5-2-6-11-15/h1-13H/q+1. The zero-order chi connectivity index (χ0) is 13.1. The Morgan fingerprint density at radius 3 is 1.63 bits per heavy atom. The minimum Gasteiger partial charge on any atom is -0.0939 e. The van der Waals surface area contributed by atoms with Crippen LogP contribution in [0, 0.1) is 0 Å². The predicted molar refractivity (Wildman–Crippen MR) is 80.1 cm³/mol. The summed E-state index contributed by atoms with van der Waals surface area (Å²) in [7, 11) is -2.36. The number of thiophene rings is 1. The predicted octanol–water partition coefficient (Wildman–Crippen LogP) is 4.72. The van der Waals surface area contributed by atoms with Gasteiger partial charge in [-0.25, -0.2) is 0 Å². The van der Waals surface area contributed by atoms with E-state index in [9.17, 15) is 4.21 Å². The first kappa shape index (κ1) is 12.3. The topological polar surface area (TPSA) is 17.1 Å². The van der Waals surface area contributed by atoms with Gasteiger partial charge in [-0.2, -0.15) is 0 Å². The van der Waals surface area contributed by atoms with Crippen LogP contribution in [-0.4, -0.2) is 0 Å². The molecular weight excluding hydrogens is 272 g/mol. The Hall–Kier alpha value is -1.71. The minimum atomic E-state index is -2.36. The van der Waals surface area contributed by atoms with E-state index < -0.39 is 9.93 Å². The molecule has 0 spiro atoms. The van der Waals surface area contributed by atoms with Crippen molar-refractivity contribution in [2.75, 3.05) is 0 Å². The van der Waals surface area contributed by atoms with Crippen molar-refractivity contribution in [1.82, 2.24) is 0 Å². The molecule has 1 heterocycles.